The molecular weight excluding hydrogens is 424 g/mol. The molecule has 4 aromatic carbocycles. The molecule has 4 rings (SSSR count). The largest absolute Gasteiger partial charge is 0.467 e. The standard InChI is InChI=1S/C30H34O4/c1-7-31-17-33-29-21(5)15-23-13-19(3)9-11-25(23)27(29)28-26-12-10-20(4)14-24(26)16-22(6)30(28)34-18-32-8-2/h9-16H,7-8,17-18H2,1-6H3. The summed E-state index contributed by atoms with van der Waals surface area (Å²) in [5.41, 5.74) is 6.62. The van der Waals surface area contributed by atoms with Crippen molar-refractivity contribution in [2.24, 2.45) is 0 Å². The highest BCUT2D eigenvalue weighted by molar-refractivity contribution is 6.11. The molecule has 4 heteroatoms. The fourth-order valence-corrected chi connectivity index (χ4v) is 4.53. The number of fused-ring (bicyclic) bond motifs is 2. The van der Waals surface area contributed by atoms with Crippen LogP contribution in [0.2, 0.25) is 0 Å². The number of rotatable bonds is 9. The zero-order chi connectivity index (χ0) is 24.2. The molecule has 178 valence electrons. The first-order chi connectivity index (χ1) is 16.4. The first kappa shape index (κ1) is 24.1. The van der Waals surface area contributed by atoms with Crippen molar-refractivity contribution in [2.75, 3.05) is 26.8 Å². The molecule has 0 radical (unpaired) electrons. The Morgan fingerprint density at radius 3 is 1.35 bits per heavy atom. The van der Waals surface area contributed by atoms with Gasteiger partial charge in [-0.25, -0.2) is 0 Å². The summed E-state index contributed by atoms with van der Waals surface area (Å²) in [4.78, 5) is 0. The normalized spacial score (nSPS) is 11.4. The first-order valence-corrected chi connectivity index (χ1v) is 11.9. The summed E-state index contributed by atoms with van der Waals surface area (Å²) in [6.07, 6.45) is 0. The van der Waals surface area contributed by atoms with E-state index in [2.05, 4.69) is 76.2 Å². The third-order valence-corrected chi connectivity index (χ3v) is 6.10. The van der Waals surface area contributed by atoms with Crippen molar-refractivity contribution in [1.29, 1.82) is 0 Å². The lowest BCUT2D eigenvalue weighted by atomic mass is 9.88. The van der Waals surface area contributed by atoms with Gasteiger partial charge in [0, 0.05) is 24.3 Å². The molecule has 0 aliphatic heterocycles. The Kier molecular flexibility index (Phi) is 7.40. The van der Waals surface area contributed by atoms with Gasteiger partial charge < -0.3 is 18.9 Å². The van der Waals surface area contributed by atoms with E-state index in [0.717, 1.165) is 44.5 Å². The molecule has 0 spiro atoms. The van der Waals surface area contributed by atoms with E-state index in [1.165, 1.54) is 21.9 Å². The molecule has 0 amide bonds. The minimum atomic E-state index is 0.194. The summed E-state index contributed by atoms with van der Waals surface area (Å²) >= 11 is 0. The maximum absolute atomic E-state index is 6.29. The number of benzene rings is 4. The van der Waals surface area contributed by atoms with E-state index in [4.69, 9.17) is 18.9 Å². The minimum Gasteiger partial charge on any atom is -0.467 e. The van der Waals surface area contributed by atoms with Crippen molar-refractivity contribution in [3.63, 3.8) is 0 Å². The van der Waals surface area contributed by atoms with Crippen molar-refractivity contribution in [1.82, 2.24) is 0 Å². The van der Waals surface area contributed by atoms with E-state index in [9.17, 15) is 0 Å². The molecule has 0 heterocycles. The predicted molar refractivity (Wildman–Crippen MR) is 140 cm³/mol. The molecule has 0 aliphatic rings. The molecule has 0 aromatic heterocycles. The van der Waals surface area contributed by atoms with Crippen LogP contribution >= 0.6 is 0 Å². The van der Waals surface area contributed by atoms with Gasteiger partial charge in [0.1, 0.15) is 11.5 Å². The van der Waals surface area contributed by atoms with Crippen molar-refractivity contribution in [3.8, 4) is 22.6 Å². The number of ether oxygens (including phenoxy) is 4. The minimum absolute atomic E-state index is 0.194. The van der Waals surface area contributed by atoms with Crippen LogP contribution in [0.3, 0.4) is 0 Å². The Bertz CT molecular complexity index is 1220. The van der Waals surface area contributed by atoms with E-state index < -0.39 is 0 Å². The Labute approximate surface area is 202 Å². The van der Waals surface area contributed by atoms with E-state index in [1.54, 1.807) is 0 Å². The Balaban J connectivity index is 2.10. The second-order valence-electron chi connectivity index (χ2n) is 8.75. The second kappa shape index (κ2) is 10.5. The summed E-state index contributed by atoms with van der Waals surface area (Å²) < 4.78 is 23.7. The van der Waals surface area contributed by atoms with Crippen LogP contribution < -0.4 is 9.47 Å². The summed E-state index contributed by atoms with van der Waals surface area (Å²) in [5, 5.41) is 4.59. The highest BCUT2D eigenvalue weighted by Crippen LogP contribution is 2.48. The van der Waals surface area contributed by atoms with Gasteiger partial charge in [-0.2, -0.15) is 0 Å². The summed E-state index contributed by atoms with van der Waals surface area (Å²) in [6, 6.07) is 17.5. The predicted octanol–water partition coefficient (Wildman–Crippen LogP) is 7.64. The zero-order valence-corrected chi connectivity index (χ0v) is 21.1. The molecule has 0 saturated heterocycles. The van der Waals surface area contributed by atoms with Gasteiger partial charge in [0.2, 0.25) is 0 Å². The number of hydrogen-bond acceptors (Lipinski definition) is 4. The van der Waals surface area contributed by atoms with Gasteiger partial charge in [0.15, 0.2) is 13.6 Å². The topological polar surface area (TPSA) is 36.9 Å². The fourth-order valence-electron chi connectivity index (χ4n) is 4.53. The molecule has 0 unspecified atom stereocenters. The fraction of sp³-hybridized carbons (Fsp3) is 0.333. The molecule has 0 fully saturated rings. The molecule has 0 N–H and O–H groups in total. The smallest absolute Gasteiger partial charge is 0.189 e. The Morgan fingerprint density at radius 2 is 0.971 bits per heavy atom. The highest BCUT2D eigenvalue weighted by atomic mass is 16.7. The van der Waals surface area contributed by atoms with Crippen LogP contribution in [0.5, 0.6) is 11.5 Å². The average Bonchev–Trinajstić information content (AvgIpc) is 2.80. The van der Waals surface area contributed by atoms with Crippen LogP contribution in [0, 0.1) is 27.7 Å². The zero-order valence-electron chi connectivity index (χ0n) is 21.1. The van der Waals surface area contributed by atoms with Gasteiger partial charge in [-0.3, -0.25) is 0 Å². The van der Waals surface area contributed by atoms with Crippen molar-refractivity contribution in [2.45, 2.75) is 41.5 Å². The quantitative estimate of drug-likeness (QED) is 0.191. The number of aryl methyl sites for hydroxylation is 4. The molecular formula is C30H34O4. The summed E-state index contributed by atoms with van der Waals surface area (Å²) in [5.74, 6) is 1.64. The lowest BCUT2D eigenvalue weighted by Crippen LogP contribution is -2.07. The van der Waals surface area contributed by atoms with Crippen LogP contribution in [0.15, 0.2) is 48.5 Å². The van der Waals surface area contributed by atoms with E-state index in [0.29, 0.717) is 13.2 Å². The van der Waals surface area contributed by atoms with Gasteiger partial charge in [0.25, 0.3) is 0 Å². The Hall–Kier alpha value is -3.08. The molecule has 0 saturated carbocycles. The maximum atomic E-state index is 6.29. The Morgan fingerprint density at radius 1 is 0.559 bits per heavy atom. The summed E-state index contributed by atoms with van der Waals surface area (Å²) in [6.45, 7) is 13.9. The monoisotopic (exact) mass is 458 g/mol. The van der Waals surface area contributed by atoms with Crippen molar-refractivity contribution >= 4 is 21.5 Å². The average molecular weight is 459 g/mol. The third-order valence-electron chi connectivity index (χ3n) is 6.10. The maximum Gasteiger partial charge on any atom is 0.189 e. The van der Waals surface area contributed by atoms with Gasteiger partial charge >= 0.3 is 0 Å². The molecule has 0 bridgehead atoms. The van der Waals surface area contributed by atoms with Gasteiger partial charge in [-0.1, -0.05) is 47.5 Å². The third kappa shape index (κ3) is 4.75. The van der Waals surface area contributed by atoms with E-state index in [-0.39, 0.29) is 13.6 Å². The number of hydrogen-bond donors (Lipinski definition) is 0. The van der Waals surface area contributed by atoms with E-state index >= 15 is 0 Å². The lowest BCUT2D eigenvalue weighted by Gasteiger charge is -2.22. The van der Waals surface area contributed by atoms with Gasteiger partial charge in [-0.05, 0) is 86.3 Å². The molecule has 0 atom stereocenters. The van der Waals surface area contributed by atoms with Crippen LogP contribution in [0.25, 0.3) is 32.7 Å². The van der Waals surface area contributed by atoms with Crippen LogP contribution in [-0.2, 0) is 9.47 Å². The molecule has 0 aliphatic carbocycles. The van der Waals surface area contributed by atoms with Crippen LogP contribution in [0.1, 0.15) is 36.1 Å². The lowest BCUT2D eigenvalue weighted by molar-refractivity contribution is 0.0211. The summed E-state index contributed by atoms with van der Waals surface area (Å²) in [7, 11) is 0. The van der Waals surface area contributed by atoms with Gasteiger partial charge in [0.05, 0.1) is 0 Å². The molecule has 4 nitrogen and oxygen atoms in total. The van der Waals surface area contributed by atoms with Crippen LogP contribution in [0.4, 0.5) is 0 Å². The molecule has 34 heavy (non-hydrogen) atoms. The van der Waals surface area contributed by atoms with E-state index in [1.807, 2.05) is 13.8 Å². The second-order valence-corrected chi connectivity index (χ2v) is 8.75. The SMILES string of the molecule is CCOCOc1c(C)cc2cc(C)ccc2c1-c1c(OCOCC)c(C)cc2cc(C)ccc12. The first-order valence-electron chi connectivity index (χ1n) is 11.9. The van der Waals surface area contributed by atoms with Crippen molar-refractivity contribution in [3.05, 3.63) is 70.8 Å². The molecule has 4 aromatic rings. The highest BCUT2D eigenvalue weighted by Gasteiger charge is 2.23. The van der Waals surface area contributed by atoms with Crippen LogP contribution in [-0.4, -0.2) is 26.8 Å². The van der Waals surface area contributed by atoms with Gasteiger partial charge in [-0.15, -0.1) is 0 Å². The van der Waals surface area contributed by atoms with Crippen molar-refractivity contribution < 1.29 is 18.9 Å².